The second kappa shape index (κ2) is 68.9. The minimum Gasteiger partial charge on any atom is -0.103 e. The lowest BCUT2D eigenvalue weighted by Crippen LogP contribution is -2.25. The van der Waals surface area contributed by atoms with Gasteiger partial charge in [-0.2, -0.15) is 0 Å². The van der Waals surface area contributed by atoms with Crippen LogP contribution < -0.4 is 0 Å². The number of hydrogen-bond acceptors (Lipinski definition) is 0. The second-order valence-electron chi connectivity index (χ2n) is 49.4. The first-order chi connectivity index (χ1) is 62.8. The van der Waals surface area contributed by atoms with Crippen molar-refractivity contribution in [1.82, 2.24) is 0 Å². The average molecular weight is 1770 g/mol. The molecule has 14 fully saturated rings. The molecule has 0 unspecified atom stereocenters. The Morgan fingerprint density at radius 3 is 0.453 bits per heavy atom. The maximum absolute atomic E-state index is 3.97. The van der Waals surface area contributed by atoms with E-state index < -0.39 is 0 Å². The molecule has 746 valence electrons. The Morgan fingerprint density at radius 1 is 0.156 bits per heavy atom. The molecule has 0 aliphatic heterocycles. The van der Waals surface area contributed by atoms with E-state index in [1.54, 1.807) is 167 Å². The lowest BCUT2D eigenvalue weighted by atomic mass is 9.68. The average Bonchev–Trinajstić information content (AvgIpc) is 0.869. The van der Waals surface area contributed by atoms with E-state index in [4.69, 9.17) is 0 Å². The molecule has 0 saturated heterocycles. The summed E-state index contributed by atoms with van der Waals surface area (Å²) in [4.78, 5) is 0. The minimum absolute atomic E-state index is 0.835. The summed E-state index contributed by atoms with van der Waals surface area (Å²) in [6, 6.07) is 0. The summed E-state index contributed by atoms with van der Waals surface area (Å²) in [6.45, 7) is 37.4. The van der Waals surface area contributed by atoms with Crippen molar-refractivity contribution < 1.29 is 0 Å². The SMILES string of the molecule is C/C=C/C1CCC(C2CCC(CCC)CC2)CC1.C=CC1CCC(C2CCC(CCC)CC2)CC1.C=CC1CCC(C2CCC(CCCC)CC2)CC1.C=CC1CCC(C2CCC(CCCCC)CC2)CC1.CCCC1CCC(C2CCC(CC)CC2)CC1.CCCCC1CCC(C2CCC(CCC)CC2)CC1.CCCCCC1CCC(C2CCC(CCC)CC2)CC1. The van der Waals surface area contributed by atoms with Crippen molar-refractivity contribution in [3.05, 3.63) is 50.1 Å². The lowest BCUT2D eigenvalue weighted by molar-refractivity contribution is 0.140. The fourth-order valence-corrected chi connectivity index (χ4v) is 31.6. The topological polar surface area (TPSA) is 0 Å². The summed E-state index contributed by atoms with van der Waals surface area (Å²) < 4.78 is 0. The van der Waals surface area contributed by atoms with Gasteiger partial charge in [0, 0.05) is 0 Å². The first kappa shape index (κ1) is 112. The molecule has 0 aromatic rings. The van der Waals surface area contributed by atoms with Gasteiger partial charge >= 0.3 is 0 Å². The van der Waals surface area contributed by atoms with Crippen LogP contribution in [0.15, 0.2) is 50.1 Å². The van der Waals surface area contributed by atoms with Crippen molar-refractivity contribution in [1.29, 1.82) is 0 Å². The van der Waals surface area contributed by atoms with Crippen molar-refractivity contribution in [3.8, 4) is 0 Å². The van der Waals surface area contributed by atoms with Gasteiger partial charge in [0.1, 0.15) is 0 Å². The summed E-state index contributed by atoms with van der Waals surface area (Å²) in [5.74, 6) is 29.5. The molecule has 0 nitrogen and oxygen atoms in total. The maximum atomic E-state index is 3.97. The predicted molar refractivity (Wildman–Crippen MR) is 574 cm³/mol. The molecular weight excluding hydrogens is 1540 g/mol. The number of unbranched alkanes of at least 4 members (excludes halogenated alkanes) is 6. The number of hydrogen-bond donors (Lipinski definition) is 0. The monoisotopic (exact) mass is 1770 g/mol. The van der Waals surface area contributed by atoms with E-state index in [1.165, 1.54) is 353 Å². The standard InChI is InChI=1S/C20H38.C19H34.C19H36.2C18H32.C17H32.C17H30/c1-3-5-6-8-18-11-15-20(16-12-18)19-13-9-17(7-4-2)10-14-19;1-3-5-6-7-17-10-14-19(15-11-17)18-12-8-16(4-2)9-13-18;1-3-5-7-17-10-14-19(15-11-17)18-12-8-16(6-4-2)9-13-18;1-3-5-6-16-9-13-18(14-10-16)17-11-7-15(4-2)8-12-17;1-3-5-15-7-11-17(12-8-15)18-13-9-16(6-4-2)10-14-18;2*1-3-5-15-8-12-17(13-9-15)16-10-6-14(4-2)7-11-16/h17-20H,3-16H2,1-2H3;4,16-19H,2-3,5-15H2,1H3;16-19H,3-15H2,1-2H3;4,15-18H,2-3,5-14H2,1H3;3,5,15-18H,4,6-14H2,1-2H3;14-17H,3-13H2,1-2H3;4,14-17H,2-3,5-13H2,1H3/b;;;;5-3+;;. The predicted octanol–water partition coefficient (Wildman–Crippen LogP) is 43.3. The van der Waals surface area contributed by atoms with E-state index in [1.807, 2.05) is 0 Å². The third-order valence-corrected chi connectivity index (χ3v) is 40.7. The Morgan fingerprint density at radius 2 is 0.305 bits per heavy atom. The molecule has 0 spiro atoms. The third kappa shape index (κ3) is 43.1. The van der Waals surface area contributed by atoms with Crippen molar-refractivity contribution in [2.45, 2.75) is 596 Å². The molecule has 0 bridgehead atoms. The van der Waals surface area contributed by atoms with E-state index in [2.05, 4.69) is 126 Å². The normalized spacial score (nSPS) is 37.2. The first-order valence-electron chi connectivity index (χ1n) is 61.3. The summed E-state index contributed by atoms with van der Waals surface area (Å²) in [6.07, 6.45) is 133. The van der Waals surface area contributed by atoms with Gasteiger partial charge in [0.15, 0.2) is 0 Å². The van der Waals surface area contributed by atoms with Crippen LogP contribution in [0.1, 0.15) is 596 Å². The maximum Gasteiger partial charge on any atom is -0.0233 e. The van der Waals surface area contributed by atoms with Crippen LogP contribution in [0.4, 0.5) is 0 Å². The zero-order chi connectivity index (χ0) is 91.0. The van der Waals surface area contributed by atoms with Crippen LogP contribution in [0.5, 0.6) is 0 Å². The van der Waals surface area contributed by atoms with E-state index >= 15 is 0 Å². The Kier molecular flexibility index (Phi) is 60.4. The van der Waals surface area contributed by atoms with Crippen LogP contribution in [0, 0.1) is 166 Å². The minimum atomic E-state index is 0.835. The molecule has 0 heteroatoms. The van der Waals surface area contributed by atoms with Crippen LogP contribution in [0.25, 0.3) is 0 Å². The molecule has 14 saturated carbocycles. The molecule has 14 aliphatic rings. The Hall–Kier alpha value is -1.04. The molecular formula is C128H234. The van der Waals surface area contributed by atoms with Crippen molar-refractivity contribution >= 4 is 0 Å². The van der Waals surface area contributed by atoms with Gasteiger partial charge in [-0.3, -0.25) is 0 Å². The number of rotatable bonds is 36. The first-order valence-corrected chi connectivity index (χ1v) is 61.3. The molecule has 0 amide bonds. The summed E-state index contributed by atoms with van der Waals surface area (Å²) >= 11 is 0. The molecule has 0 heterocycles. The summed E-state index contributed by atoms with van der Waals surface area (Å²) in [5.41, 5.74) is 0. The molecule has 0 aromatic carbocycles. The van der Waals surface area contributed by atoms with Gasteiger partial charge < -0.3 is 0 Å². The van der Waals surface area contributed by atoms with Gasteiger partial charge in [-0.1, -0.05) is 389 Å². The Balaban J connectivity index is 0.000000185. The van der Waals surface area contributed by atoms with E-state index in [-0.39, 0.29) is 0 Å². The van der Waals surface area contributed by atoms with Crippen molar-refractivity contribution in [3.63, 3.8) is 0 Å². The number of allylic oxidation sites excluding steroid dienone is 5. The van der Waals surface area contributed by atoms with Gasteiger partial charge in [-0.05, 0) is 404 Å². The quantitative estimate of drug-likeness (QED) is 0.0433. The van der Waals surface area contributed by atoms with E-state index in [9.17, 15) is 0 Å². The third-order valence-electron chi connectivity index (χ3n) is 40.7. The van der Waals surface area contributed by atoms with Gasteiger partial charge in [-0.15, -0.1) is 19.7 Å². The van der Waals surface area contributed by atoms with Gasteiger partial charge in [0.05, 0.1) is 0 Å². The van der Waals surface area contributed by atoms with Crippen LogP contribution in [-0.2, 0) is 0 Å². The molecule has 0 aromatic heterocycles. The zero-order valence-corrected chi connectivity index (χ0v) is 89.4. The van der Waals surface area contributed by atoms with E-state index in [0.29, 0.717) is 0 Å². The van der Waals surface area contributed by atoms with Crippen molar-refractivity contribution in [2.75, 3.05) is 0 Å². The summed E-state index contributed by atoms with van der Waals surface area (Å²) in [7, 11) is 0. The molecule has 0 radical (unpaired) electrons. The zero-order valence-electron chi connectivity index (χ0n) is 89.4. The Bertz CT molecular complexity index is 2560. The largest absolute Gasteiger partial charge is 0.103 e. The summed E-state index contributed by atoms with van der Waals surface area (Å²) in [5, 5.41) is 0. The smallest absolute Gasteiger partial charge is 0.0233 e. The second-order valence-corrected chi connectivity index (χ2v) is 49.4. The van der Waals surface area contributed by atoms with Crippen LogP contribution in [0.3, 0.4) is 0 Å². The fraction of sp³-hybridized carbons (Fsp3) is 0.938. The highest BCUT2D eigenvalue weighted by molar-refractivity contribution is 4.95. The van der Waals surface area contributed by atoms with E-state index in [0.717, 1.165) is 166 Å². The van der Waals surface area contributed by atoms with Gasteiger partial charge in [0.2, 0.25) is 0 Å². The highest BCUT2D eigenvalue weighted by atomic mass is 14.4. The molecule has 0 N–H and O–H groups in total. The van der Waals surface area contributed by atoms with Crippen LogP contribution in [0.2, 0.25) is 0 Å². The van der Waals surface area contributed by atoms with Gasteiger partial charge in [-0.25, -0.2) is 0 Å². The molecule has 128 heavy (non-hydrogen) atoms. The van der Waals surface area contributed by atoms with Crippen LogP contribution >= 0.6 is 0 Å². The molecule has 14 aliphatic carbocycles. The lowest BCUT2D eigenvalue weighted by Gasteiger charge is -2.38. The Labute approximate surface area is 806 Å². The highest BCUT2D eigenvalue weighted by Gasteiger charge is 2.38. The van der Waals surface area contributed by atoms with Crippen molar-refractivity contribution in [2.24, 2.45) is 166 Å². The highest BCUT2D eigenvalue weighted by Crippen LogP contribution is 2.51. The van der Waals surface area contributed by atoms with Gasteiger partial charge in [0.25, 0.3) is 0 Å². The molecule has 14 rings (SSSR count). The fourth-order valence-electron chi connectivity index (χ4n) is 31.6. The van der Waals surface area contributed by atoms with Crippen LogP contribution in [-0.4, -0.2) is 0 Å². The molecule has 0 atom stereocenters.